The van der Waals surface area contributed by atoms with Crippen LogP contribution in [0.1, 0.15) is 30.3 Å². The summed E-state index contributed by atoms with van der Waals surface area (Å²) in [6.45, 7) is 4.04. The van der Waals surface area contributed by atoms with Crippen LogP contribution < -0.4 is 0 Å². The number of piperidine rings is 1. The van der Waals surface area contributed by atoms with Crippen LogP contribution in [0.5, 0.6) is 0 Å². The molecule has 88 valence electrons. The highest BCUT2D eigenvalue weighted by molar-refractivity contribution is 5.84. The van der Waals surface area contributed by atoms with Crippen LogP contribution in [-0.2, 0) is 5.54 Å². The highest BCUT2D eigenvalue weighted by atomic mass is 16.4. The lowest BCUT2D eigenvalue weighted by Gasteiger charge is -2.38. The molecule has 0 aliphatic carbocycles. The quantitative estimate of drug-likeness (QED) is 0.788. The first-order valence-electron chi connectivity index (χ1n) is 5.36. The van der Waals surface area contributed by atoms with Crippen molar-refractivity contribution in [2.45, 2.75) is 25.3 Å². The number of likely N-dealkylation sites (N-methyl/N-ethyl adjacent to an activating group) is 1. The van der Waals surface area contributed by atoms with Crippen molar-refractivity contribution in [3.8, 4) is 0 Å². The number of hydrogen-bond acceptors (Lipinski definition) is 4. The molecule has 1 N–H and O–H groups in total. The standard InChI is InChI=1S/C10H16N4O2/c1-10(4-3-5-13(2)7-10)14-6-8(9(15)16)11-12-14/h6H,3-5,7H2,1-2H3,(H,15,16)/t10-/m1/s1. The van der Waals surface area contributed by atoms with Gasteiger partial charge < -0.3 is 10.0 Å². The maximum atomic E-state index is 10.7. The SMILES string of the molecule is CN1CCC[C@@](C)(n2cc(C(=O)O)nn2)C1. The van der Waals surface area contributed by atoms with Crippen LogP contribution in [0, 0.1) is 0 Å². The predicted molar refractivity (Wildman–Crippen MR) is 57.4 cm³/mol. The Kier molecular flexibility index (Phi) is 2.67. The molecule has 6 heteroatoms. The number of aromatic nitrogens is 3. The molecule has 1 aromatic rings. The average molecular weight is 224 g/mol. The number of hydrogen-bond donors (Lipinski definition) is 1. The largest absolute Gasteiger partial charge is 0.476 e. The fourth-order valence-corrected chi connectivity index (χ4v) is 2.28. The minimum atomic E-state index is -1.03. The van der Waals surface area contributed by atoms with Crippen LogP contribution in [0.15, 0.2) is 6.20 Å². The monoisotopic (exact) mass is 224 g/mol. The van der Waals surface area contributed by atoms with Gasteiger partial charge in [0.25, 0.3) is 0 Å². The second kappa shape index (κ2) is 3.86. The van der Waals surface area contributed by atoms with E-state index in [4.69, 9.17) is 5.11 Å². The molecule has 1 atom stereocenters. The molecule has 0 saturated carbocycles. The Hall–Kier alpha value is -1.43. The number of likely N-dealkylation sites (tertiary alicyclic amines) is 1. The molecule has 2 rings (SSSR count). The molecule has 0 bridgehead atoms. The first kappa shape index (κ1) is 11.1. The lowest BCUT2D eigenvalue weighted by atomic mass is 9.91. The second-order valence-electron chi connectivity index (χ2n) is 4.69. The number of aromatic carboxylic acids is 1. The predicted octanol–water partition coefficient (Wildman–Crippen LogP) is 0.417. The molecule has 1 aliphatic rings. The number of nitrogens with zero attached hydrogens (tertiary/aromatic N) is 4. The van der Waals surface area contributed by atoms with E-state index in [9.17, 15) is 4.79 Å². The van der Waals surface area contributed by atoms with Gasteiger partial charge in [-0.2, -0.15) is 0 Å². The Morgan fingerprint density at radius 1 is 1.62 bits per heavy atom. The molecule has 1 saturated heterocycles. The highest BCUT2D eigenvalue weighted by Crippen LogP contribution is 2.26. The number of carboxylic acid groups (broad SMARTS) is 1. The molecule has 0 radical (unpaired) electrons. The van der Waals surface area contributed by atoms with Gasteiger partial charge in [-0.15, -0.1) is 5.10 Å². The van der Waals surface area contributed by atoms with E-state index in [-0.39, 0.29) is 11.2 Å². The average Bonchev–Trinajstić information content (AvgIpc) is 2.66. The summed E-state index contributed by atoms with van der Waals surface area (Å²) < 4.78 is 1.69. The van der Waals surface area contributed by atoms with E-state index in [0.717, 1.165) is 25.9 Å². The summed E-state index contributed by atoms with van der Waals surface area (Å²) in [7, 11) is 2.06. The van der Waals surface area contributed by atoms with Crippen LogP contribution in [0.25, 0.3) is 0 Å². The summed E-state index contributed by atoms with van der Waals surface area (Å²) in [4.78, 5) is 13.0. The van der Waals surface area contributed by atoms with E-state index in [1.54, 1.807) is 4.68 Å². The van der Waals surface area contributed by atoms with Crippen molar-refractivity contribution in [3.63, 3.8) is 0 Å². The Balaban J connectivity index is 2.24. The minimum Gasteiger partial charge on any atom is -0.476 e. The van der Waals surface area contributed by atoms with Crippen molar-refractivity contribution in [2.24, 2.45) is 0 Å². The highest BCUT2D eigenvalue weighted by Gasteiger charge is 2.32. The van der Waals surface area contributed by atoms with E-state index < -0.39 is 5.97 Å². The first-order chi connectivity index (χ1) is 7.51. The van der Waals surface area contributed by atoms with Crippen LogP contribution in [0.4, 0.5) is 0 Å². The lowest BCUT2D eigenvalue weighted by Crippen LogP contribution is -2.46. The fraction of sp³-hybridized carbons (Fsp3) is 0.700. The first-order valence-corrected chi connectivity index (χ1v) is 5.36. The maximum absolute atomic E-state index is 10.7. The maximum Gasteiger partial charge on any atom is 0.358 e. The van der Waals surface area contributed by atoms with Crippen molar-refractivity contribution >= 4 is 5.97 Å². The van der Waals surface area contributed by atoms with Gasteiger partial charge in [-0.25, -0.2) is 9.48 Å². The number of carboxylic acids is 1. The van der Waals surface area contributed by atoms with Crippen molar-refractivity contribution in [1.29, 1.82) is 0 Å². The normalized spacial score (nSPS) is 26.9. The van der Waals surface area contributed by atoms with Gasteiger partial charge in [-0.1, -0.05) is 5.21 Å². The smallest absolute Gasteiger partial charge is 0.358 e. The van der Waals surface area contributed by atoms with E-state index in [2.05, 4.69) is 29.2 Å². The molecule has 2 heterocycles. The molecule has 16 heavy (non-hydrogen) atoms. The molecule has 0 amide bonds. The molecular weight excluding hydrogens is 208 g/mol. The third kappa shape index (κ3) is 1.92. The van der Waals surface area contributed by atoms with Crippen molar-refractivity contribution < 1.29 is 9.90 Å². The van der Waals surface area contributed by atoms with Crippen molar-refractivity contribution in [3.05, 3.63) is 11.9 Å². The zero-order chi connectivity index (χ0) is 11.8. The molecule has 1 fully saturated rings. The second-order valence-corrected chi connectivity index (χ2v) is 4.69. The molecule has 1 aliphatic heterocycles. The molecule has 6 nitrogen and oxygen atoms in total. The lowest BCUT2D eigenvalue weighted by molar-refractivity contribution is 0.0690. The summed E-state index contributed by atoms with van der Waals surface area (Å²) in [6.07, 6.45) is 3.61. The van der Waals surface area contributed by atoms with Crippen LogP contribution in [0.3, 0.4) is 0 Å². The Bertz CT molecular complexity index is 403. The van der Waals surface area contributed by atoms with E-state index >= 15 is 0 Å². The van der Waals surface area contributed by atoms with Gasteiger partial charge in [-0.3, -0.25) is 0 Å². The van der Waals surface area contributed by atoms with E-state index in [1.807, 2.05) is 0 Å². The van der Waals surface area contributed by atoms with Gasteiger partial charge in [0, 0.05) is 6.54 Å². The molecule has 1 aromatic heterocycles. The number of carbonyl (C=O) groups is 1. The summed E-state index contributed by atoms with van der Waals surface area (Å²) in [6, 6.07) is 0. The van der Waals surface area contributed by atoms with Crippen LogP contribution >= 0.6 is 0 Å². The van der Waals surface area contributed by atoms with Crippen LogP contribution in [0.2, 0.25) is 0 Å². The molecular formula is C10H16N4O2. The summed E-state index contributed by atoms with van der Waals surface area (Å²) in [5.74, 6) is -1.03. The van der Waals surface area contributed by atoms with Gasteiger partial charge in [0.2, 0.25) is 0 Å². The van der Waals surface area contributed by atoms with Gasteiger partial charge in [0.05, 0.1) is 11.7 Å². The van der Waals surface area contributed by atoms with Gasteiger partial charge >= 0.3 is 5.97 Å². The topological polar surface area (TPSA) is 71.2 Å². The molecule has 0 spiro atoms. The van der Waals surface area contributed by atoms with Gasteiger partial charge in [0.15, 0.2) is 5.69 Å². The van der Waals surface area contributed by atoms with Crippen molar-refractivity contribution in [2.75, 3.05) is 20.1 Å². The van der Waals surface area contributed by atoms with Crippen LogP contribution in [-0.4, -0.2) is 51.1 Å². The van der Waals surface area contributed by atoms with Gasteiger partial charge in [0.1, 0.15) is 0 Å². The van der Waals surface area contributed by atoms with Crippen molar-refractivity contribution in [1.82, 2.24) is 19.9 Å². The summed E-state index contributed by atoms with van der Waals surface area (Å²) in [5, 5.41) is 16.4. The molecule has 0 unspecified atom stereocenters. The third-order valence-electron chi connectivity index (χ3n) is 3.13. The summed E-state index contributed by atoms with van der Waals surface area (Å²) >= 11 is 0. The minimum absolute atomic E-state index is 0.00875. The third-order valence-corrected chi connectivity index (χ3v) is 3.13. The summed E-state index contributed by atoms with van der Waals surface area (Å²) in [5.41, 5.74) is -0.136. The van der Waals surface area contributed by atoms with E-state index in [1.165, 1.54) is 6.20 Å². The Labute approximate surface area is 93.9 Å². The van der Waals surface area contributed by atoms with E-state index in [0.29, 0.717) is 0 Å². The Morgan fingerprint density at radius 2 is 2.38 bits per heavy atom. The fourth-order valence-electron chi connectivity index (χ4n) is 2.28. The zero-order valence-corrected chi connectivity index (χ0v) is 9.55. The Morgan fingerprint density at radius 3 is 2.94 bits per heavy atom. The zero-order valence-electron chi connectivity index (χ0n) is 9.55. The van der Waals surface area contributed by atoms with Gasteiger partial charge in [-0.05, 0) is 33.4 Å². The molecule has 0 aromatic carbocycles. The number of rotatable bonds is 2.